The summed E-state index contributed by atoms with van der Waals surface area (Å²) in [5.74, 6) is -0.887. The van der Waals surface area contributed by atoms with Gasteiger partial charge in [-0.15, -0.1) is 11.8 Å². The van der Waals surface area contributed by atoms with E-state index in [0.29, 0.717) is 0 Å². The number of imide groups is 1. The van der Waals surface area contributed by atoms with Crippen molar-refractivity contribution in [2.75, 3.05) is 12.3 Å². The molecule has 112 valence electrons. The Hall–Kier alpha value is -1.82. The molecule has 1 aromatic carbocycles. The quantitative estimate of drug-likeness (QED) is 0.676. The van der Waals surface area contributed by atoms with Gasteiger partial charge < -0.3 is 4.90 Å². The minimum Gasteiger partial charge on any atom is -0.318 e. The minimum atomic E-state index is -1.00. The highest BCUT2D eigenvalue weighted by atomic mass is 32.2. The highest BCUT2D eigenvalue weighted by Gasteiger charge is 2.43. The van der Waals surface area contributed by atoms with Gasteiger partial charge in [0.1, 0.15) is 12.1 Å². The molecule has 1 saturated heterocycles. The number of carbonyl (C=O) groups excluding carboxylic acids is 3. The van der Waals surface area contributed by atoms with E-state index in [4.69, 9.17) is 0 Å². The summed E-state index contributed by atoms with van der Waals surface area (Å²) in [5.41, 5.74) is 0.156. The molecule has 0 radical (unpaired) electrons. The number of nitrogens with zero attached hydrogens (tertiary/aromatic N) is 1. The fourth-order valence-corrected chi connectivity index (χ4v) is 2.81. The Morgan fingerprint density at radius 1 is 1.29 bits per heavy atom. The normalized spacial score (nSPS) is 17.6. The molecule has 1 heterocycles. The van der Waals surface area contributed by atoms with E-state index in [1.165, 1.54) is 16.7 Å². The summed E-state index contributed by atoms with van der Waals surface area (Å²) in [7, 11) is 0. The number of benzene rings is 1. The Balaban J connectivity index is 2.03. The first-order valence-corrected chi connectivity index (χ1v) is 7.63. The Morgan fingerprint density at radius 3 is 2.52 bits per heavy atom. The van der Waals surface area contributed by atoms with Crippen LogP contribution in [0.1, 0.15) is 19.4 Å². The van der Waals surface area contributed by atoms with E-state index < -0.39 is 17.4 Å². The molecule has 2 rings (SSSR count). The van der Waals surface area contributed by atoms with Gasteiger partial charge in [0.15, 0.2) is 0 Å². The summed E-state index contributed by atoms with van der Waals surface area (Å²) in [6.45, 7) is 5.21. The van der Waals surface area contributed by atoms with Crippen LogP contribution in [0.4, 0.5) is 0 Å². The third-order valence-electron chi connectivity index (χ3n) is 3.47. The lowest BCUT2D eigenvalue weighted by Crippen LogP contribution is -2.65. The van der Waals surface area contributed by atoms with Gasteiger partial charge in [-0.1, -0.05) is 17.7 Å². The maximum Gasteiger partial charge on any atom is 0.252 e. The molecule has 6 heteroatoms. The van der Waals surface area contributed by atoms with Crippen molar-refractivity contribution in [3.63, 3.8) is 0 Å². The first kappa shape index (κ1) is 15.6. The zero-order valence-corrected chi connectivity index (χ0v) is 13.1. The topological polar surface area (TPSA) is 66.5 Å². The molecule has 0 atom stereocenters. The third kappa shape index (κ3) is 3.44. The Morgan fingerprint density at radius 2 is 1.90 bits per heavy atom. The molecule has 0 unspecified atom stereocenters. The number of piperazine rings is 1. The minimum absolute atomic E-state index is 0.0774. The van der Waals surface area contributed by atoms with E-state index in [-0.39, 0.29) is 18.2 Å². The number of hydrogen-bond acceptors (Lipinski definition) is 4. The summed E-state index contributed by atoms with van der Waals surface area (Å²) >= 11 is 1.40. The van der Waals surface area contributed by atoms with E-state index in [1.54, 1.807) is 13.8 Å². The molecule has 3 amide bonds. The van der Waals surface area contributed by atoms with Crippen molar-refractivity contribution >= 4 is 29.5 Å². The van der Waals surface area contributed by atoms with Crippen molar-refractivity contribution in [3.05, 3.63) is 29.8 Å². The Bertz CT molecular complexity index is 581. The van der Waals surface area contributed by atoms with Crippen molar-refractivity contribution in [1.29, 1.82) is 0 Å². The molecule has 5 nitrogen and oxygen atoms in total. The predicted octanol–water partition coefficient (Wildman–Crippen LogP) is 1.35. The molecule has 1 fully saturated rings. The maximum absolute atomic E-state index is 12.3. The van der Waals surface area contributed by atoms with Gasteiger partial charge in [-0.3, -0.25) is 19.7 Å². The average Bonchev–Trinajstić information content (AvgIpc) is 2.42. The van der Waals surface area contributed by atoms with E-state index in [0.717, 1.165) is 10.5 Å². The summed E-state index contributed by atoms with van der Waals surface area (Å²) in [6.07, 6.45) is 0. The van der Waals surface area contributed by atoms with Crippen molar-refractivity contribution in [3.8, 4) is 0 Å². The van der Waals surface area contributed by atoms with Gasteiger partial charge in [0, 0.05) is 4.90 Å². The number of nitrogens with one attached hydrogen (secondary N) is 1. The molecular weight excluding hydrogens is 288 g/mol. The lowest BCUT2D eigenvalue weighted by atomic mass is 9.99. The van der Waals surface area contributed by atoms with Crippen LogP contribution < -0.4 is 5.32 Å². The van der Waals surface area contributed by atoms with Gasteiger partial charge in [-0.05, 0) is 32.9 Å². The van der Waals surface area contributed by atoms with Gasteiger partial charge in [0.25, 0.3) is 5.91 Å². The van der Waals surface area contributed by atoms with Gasteiger partial charge in [0.2, 0.25) is 11.8 Å². The number of aryl methyl sites for hydroxylation is 1. The van der Waals surface area contributed by atoms with Crippen LogP contribution in [-0.4, -0.2) is 40.5 Å². The fraction of sp³-hybridized carbons (Fsp3) is 0.400. The van der Waals surface area contributed by atoms with Crippen molar-refractivity contribution in [2.45, 2.75) is 31.2 Å². The smallest absolute Gasteiger partial charge is 0.252 e. The van der Waals surface area contributed by atoms with Gasteiger partial charge >= 0.3 is 0 Å². The zero-order chi connectivity index (χ0) is 15.6. The van der Waals surface area contributed by atoms with Crippen LogP contribution in [-0.2, 0) is 14.4 Å². The first-order valence-electron chi connectivity index (χ1n) is 6.65. The molecule has 1 aliphatic rings. The van der Waals surface area contributed by atoms with Crippen LogP contribution in [0.15, 0.2) is 29.2 Å². The van der Waals surface area contributed by atoms with Crippen LogP contribution >= 0.6 is 11.8 Å². The highest BCUT2D eigenvalue weighted by Crippen LogP contribution is 2.23. The second-order valence-corrected chi connectivity index (χ2v) is 6.57. The molecule has 1 aromatic rings. The largest absolute Gasteiger partial charge is 0.318 e. The van der Waals surface area contributed by atoms with Crippen LogP contribution in [0.5, 0.6) is 0 Å². The predicted molar refractivity (Wildman–Crippen MR) is 80.8 cm³/mol. The average molecular weight is 306 g/mol. The highest BCUT2D eigenvalue weighted by molar-refractivity contribution is 8.00. The van der Waals surface area contributed by atoms with Crippen molar-refractivity contribution in [1.82, 2.24) is 10.2 Å². The monoisotopic (exact) mass is 306 g/mol. The lowest BCUT2D eigenvalue weighted by molar-refractivity contribution is -0.154. The van der Waals surface area contributed by atoms with Crippen molar-refractivity contribution in [2.24, 2.45) is 0 Å². The molecule has 0 aliphatic carbocycles. The standard InChI is InChI=1S/C15H18N2O3S/c1-10-4-6-11(7-5-10)21-9-13(19)17-8-12(18)16-14(20)15(17,2)3/h4-7H,8-9H2,1-3H3,(H,16,18,20). The fourth-order valence-electron chi connectivity index (χ4n) is 2.04. The van der Waals surface area contributed by atoms with Crippen LogP contribution in [0, 0.1) is 6.92 Å². The number of carbonyl (C=O) groups is 3. The Labute approximate surface area is 128 Å². The second-order valence-electron chi connectivity index (χ2n) is 5.52. The second kappa shape index (κ2) is 5.89. The summed E-state index contributed by atoms with van der Waals surface area (Å²) in [5, 5.41) is 2.26. The maximum atomic E-state index is 12.3. The molecule has 1 N–H and O–H groups in total. The van der Waals surface area contributed by atoms with Gasteiger partial charge in [-0.2, -0.15) is 0 Å². The number of rotatable bonds is 3. The molecule has 1 aliphatic heterocycles. The van der Waals surface area contributed by atoms with Crippen molar-refractivity contribution < 1.29 is 14.4 Å². The van der Waals surface area contributed by atoms with Crippen LogP contribution in [0.25, 0.3) is 0 Å². The van der Waals surface area contributed by atoms with E-state index in [9.17, 15) is 14.4 Å². The molecule has 0 saturated carbocycles. The molecule has 0 bridgehead atoms. The number of hydrogen-bond donors (Lipinski definition) is 1. The number of amides is 3. The Kier molecular flexibility index (Phi) is 4.37. The van der Waals surface area contributed by atoms with E-state index in [2.05, 4.69) is 5.32 Å². The zero-order valence-electron chi connectivity index (χ0n) is 12.3. The van der Waals surface area contributed by atoms with Gasteiger partial charge in [-0.25, -0.2) is 0 Å². The summed E-state index contributed by atoms with van der Waals surface area (Å²) in [6, 6.07) is 7.86. The molecule has 0 spiro atoms. The SMILES string of the molecule is Cc1ccc(SCC(=O)N2CC(=O)NC(=O)C2(C)C)cc1. The summed E-state index contributed by atoms with van der Waals surface area (Å²) in [4.78, 5) is 37.9. The molecule has 0 aromatic heterocycles. The lowest BCUT2D eigenvalue weighted by Gasteiger charge is -2.40. The molecular formula is C15H18N2O3S. The van der Waals surface area contributed by atoms with Gasteiger partial charge in [0.05, 0.1) is 5.75 Å². The third-order valence-corrected chi connectivity index (χ3v) is 4.47. The first-order chi connectivity index (χ1) is 9.80. The number of thioether (sulfide) groups is 1. The molecule has 21 heavy (non-hydrogen) atoms. The van der Waals surface area contributed by atoms with E-state index >= 15 is 0 Å². The van der Waals surface area contributed by atoms with Crippen LogP contribution in [0.2, 0.25) is 0 Å². The van der Waals surface area contributed by atoms with Crippen LogP contribution in [0.3, 0.4) is 0 Å². The summed E-state index contributed by atoms with van der Waals surface area (Å²) < 4.78 is 0. The van der Waals surface area contributed by atoms with E-state index in [1.807, 2.05) is 31.2 Å².